The summed E-state index contributed by atoms with van der Waals surface area (Å²) in [6.45, 7) is 19.0. The zero-order valence-corrected chi connectivity index (χ0v) is 14.7. The van der Waals surface area contributed by atoms with E-state index in [1.54, 1.807) is 0 Å². The van der Waals surface area contributed by atoms with Gasteiger partial charge in [-0.15, -0.1) is 0 Å². The van der Waals surface area contributed by atoms with Crippen LogP contribution in [0.15, 0.2) is 0 Å². The molecule has 0 aliphatic heterocycles. The molecule has 3 heteroatoms. The first-order valence-electron chi connectivity index (χ1n) is 6.48. The van der Waals surface area contributed by atoms with E-state index in [0.717, 1.165) is 3.93 Å². The van der Waals surface area contributed by atoms with Crippen molar-refractivity contribution in [2.24, 2.45) is 0 Å². The Morgan fingerprint density at radius 2 is 1.07 bits per heavy atom. The Balaban J connectivity index is 5.01. The summed E-state index contributed by atoms with van der Waals surface area (Å²) in [5.41, 5.74) is 0. The van der Waals surface area contributed by atoms with Gasteiger partial charge in [-0.25, -0.2) is 0 Å². The van der Waals surface area contributed by atoms with Crippen LogP contribution in [0.1, 0.15) is 41.5 Å². The van der Waals surface area contributed by atoms with E-state index >= 15 is 0 Å². The van der Waals surface area contributed by atoms with Gasteiger partial charge in [0.25, 0.3) is 0 Å². The quantitative estimate of drug-likeness (QED) is 0.665. The van der Waals surface area contributed by atoms with Crippen molar-refractivity contribution < 1.29 is 0 Å². The Hall–Kier alpha value is 0.719. The Bertz CT molecular complexity index is 151. The van der Waals surface area contributed by atoms with Gasteiger partial charge in [-0.2, -0.15) is 0 Å². The van der Waals surface area contributed by atoms with E-state index in [9.17, 15) is 0 Å². The molecule has 0 rings (SSSR count). The average molecular weight is 321 g/mol. The van der Waals surface area contributed by atoms with E-state index in [-0.39, 0.29) is 0 Å². The third-order valence-electron chi connectivity index (χ3n) is 3.90. The fraction of sp³-hybridized carbons (Fsp3) is 1.00. The van der Waals surface area contributed by atoms with Crippen molar-refractivity contribution in [3.05, 3.63) is 0 Å². The molecular formula is C12H30N2Sn. The van der Waals surface area contributed by atoms with Gasteiger partial charge in [0.05, 0.1) is 0 Å². The summed E-state index contributed by atoms with van der Waals surface area (Å²) >= 11 is -2.25. The molecule has 0 saturated carbocycles. The van der Waals surface area contributed by atoms with Crippen molar-refractivity contribution in [2.45, 2.75) is 50.4 Å². The van der Waals surface area contributed by atoms with Gasteiger partial charge in [0.2, 0.25) is 0 Å². The standard InChI is InChI=1S/2C4H10N.C3H7.CH3.Sn/c2*1-3-5-4-2;1-3-2;;/h2*3-4H2,1-2H3;3H,1-2H3;1H3;/q2*-1;;;+2. The molecule has 15 heavy (non-hydrogen) atoms. The number of hydrogen-bond donors (Lipinski definition) is 0. The van der Waals surface area contributed by atoms with Crippen LogP contribution in [0, 0.1) is 0 Å². The van der Waals surface area contributed by atoms with Gasteiger partial charge >= 0.3 is 102 Å². The summed E-state index contributed by atoms with van der Waals surface area (Å²) in [7, 11) is 0. The summed E-state index contributed by atoms with van der Waals surface area (Å²) in [5, 5.41) is 0. The van der Waals surface area contributed by atoms with Gasteiger partial charge in [0, 0.05) is 0 Å². The molecule has 0 aromatic heterocycles. The summed E-state index contributed by atoms with van der Waals surface area (Å²) in [5.74, 6) is 0. The van der Waals surface area contributed by atoms with Gasteiger partial charge in [-0.1, -0.05) is 0 Å². The number of rotatable bonds is 7. The molecule has 0 bridgehead atoms. The number of hydrogen-bond acceptors (Lipinski definition) is 2. The predicted molar refractivity (Wildman–Crippen MR) is 72.6 cm³/mol. The maximum atomic E-state index is 2.78. The van der Waals surface area contributed by atoms with Gasteiger partial charge in [-0.05, 0) is 0 Å². The topological polar surface area (TPSA) is 6.48 Å². The first kappa shape index (κ1) is 15.7. The van der Waals surface area contributed by atoms with E-state index in [4.69, 9.17) is 0 Å². The first-order valence-corrected chi connectivity index (χ1v) is 13.5. The molecule has 2 nitrogen and oxygen atoms in total. The Labute approximate surface area is 102 Å². The molecule has 0 fully saturated rings. The SMILES string of the molecule is CC[N](CC)[Sn]([CH3])([CH](C)C)[N](CC)CC. The summed E-state index contributed by atoms with van der Waals surface area (Å²) in [6, 6.07) is 0. The van der Waals surface area contributed by atoms with E-state index in [1.807, 2.05) is 0 Å². The molecule has 0 aliphatic rings. The summed E-state index contributed by atoms with van der Waals surface area (Å²) in [6.07, 6.45) is 0. The predicted octanol–water partition coefficient (Wildman–Crippen LogP) is 3.15. The molecule has 0 aliphatic carbocycles. The molecule has 0 spiro atoms. The van der Waals surface area contributed by atoms with Crippen molar-refractivity contribution >= 4 is 18.9 Å². The molecule has 0 amide bonds. The minimum atomic E-state index is -2.25. The maximum absolute atomic E-state index is 2.78. The molecule has 0 saturated heterocycles. The fourth-order valence-corrected chi connectivity index (χ4v) is 15.3. The van der Waals surface area contributed by atoms with Gasteiger partial charge in [-0.3, -0.25) is 0 Å². The molecule has 0 unspecified atom stereocenters. The van der Waals surface area contributed by atoms with Crippen molar-refractivity contribution in [2.75, 3.05) is 26.2 Å². The molecule has 0 N–H and O–H groups in total. The van der Waals surface area contributed by atoms with Gasteiger partial charge in [0.15, 0.2) is 0 Å². The van der Waals surface area contributed by atoms with Crippen molar-refractivity contribution in [1.82, 2.24) is 6.24 Å². The molecule has 0 aromatic carbocycles. The first-order chi connectivity index (χ1) is 6.98. The van der Waals surface area contributed by atoms with Crippen LogP contribution in [-0.2, 0) is 0 Å². The van der Waals surface area contributed by atoms with E-state index < -0.39 is 18.9 Å². The second-order valence-corrected chi connectivity index (χ2v) is 17.7. The third-order valence-corrected chi connectivity index (χ3v) is 21.1. The molecule has 92 valence electrons. The fourth-order valence-electron chi connectivity index (χ4n) is 2.66. The summed E-state index contributed by atoms with van der Waals surface area (Å²) in [4.78, 5) is 2.60. The van der Waals surface area contributed by atoms with Crippen LogP contribution in [0.3, 0.4) is 0 Å². The average Bonchev–Trinajstić information content (AvgIpc) is 2.21. The van der Waals surface area contributed by atoms with Crippen LogP contribution in [0.5, 0.6) is 0 Å². The molecule has 0 aromatic rings. The van der Waals surface area contributed by atoms with Crippen LogP contribution in [0.4, 0.5) is 0 Å². The summed E-state index contributed by atoms with van der Waals surface area (Å²) < 4.78 is 6.43. The molecule has 0 radical (unpaired) electrons. The molecule has 0 atom stereocenters. The van der Waals surface area contributed by atoms with E-state index in [2.05, 4.69) is 52.7 Å². The monoisotopic (exact) mass is 322 g/mol. The third kappa shape index (κ3) is 3.34. The number of nitrogens with zero attached hydrogens (tertiary/aromatic N) is 2. The van der Waals surface area contributed by atoms with Crippen molar-refractivity contribution in [1.29, 1.82) is 0 Å². The Morgan fingerprint density at radius 3 is 1.20 bits per heavy atom. The van der Waals surface area contributed by atoms with Crippen LogP contribution in [0.2, 0.25) is 8.87 Å². The normalized spacial score (nSPS) is 13.2. The van der Waals surface area contributed by atoms with E-state index in [1.165, 1.54) is 26.2 Å². The second-order valence-electron chi connectivity index (χ2n) is 4.59. The zero-order valence-electron chi connectivity index (χ0n) is 11.8. The van der Waals surface area contributed by atoms with Gasteiger partial charge in [0.1, 0.15) is 0 Å². The second kappa shape index (κ2) is 7.12. The van der Waals surface area contributed by atoms with Crippen molar-refractivity contribution in [3.63, 3.8) is 0 Å². The zero-order chi connectivity index (χ0) is 12.1. The Kier molecular flexibility index (Phi) is 7.47. The van der Waals surface area contributed by atoms with Crippen molar-refractivity contribution in [3.8, 4) is 0 Å². The minimum absolute atomic E-state index is 0.860. The Morgan fingerprint density at radius 1 is 0.800 bits per heavy atom. The molecular weight excluding hydrogens is 291 g/mol. The van der Waals surface area contributed by atoms with Crippen LogP contribution in [-0.4, -0.2) is 51.3 Å². The molecule has 0 heterocycles. The van der Waals surface area contributed by atoms with Crippen LogP contribution < -0.4 is 0 Å². The van der Waals surface area contributed by atoms with Crippen LogP contribution >= 0.6 is 0 Å². The van der Waals surface area contributed by atoms with Crippen LogP contribution in [0.25, 0.3) is 0 Å². The van der Waals surface area contributed by atoms with E-state index in [0.29, 0.717) is 0 Å². The van der Waals surface area contributed by atoms with Gasteiger partial charge < -0.3 is 0 Å².